The van der Waals surface area contributed by atoms with Gasteiger partial charge in [-0.2, -0.15) is 0 Å². The minimum absolute atomic E-state index is 0.173. The molecule has 1 saturated heterocycles. The van der Waals surface area contributed by atoms with Gasteiger partial charge in [0.1, 0.15) is 5.75 Å². The molecule has 0 amide bonds. The smallest absolute Gasteiger partial charge is 0.138 e. The van der Waals surface area contributed by atoms with Gasteiger partial charge in [-0.1, -0.05) is 23.2 Å². The average molecular weight is 332 g/mol. The molecule has 0 aromatic heterocycles. The van der Waals surface area contributed by atoms with Gasteiger partial charge >= 0.3 is 0 Å². The Morgan fingerprint density at radius 3 is 2.76 bits per heavy atom. The summed E-state index contributed by atoms with van der Waals surface area (Å²) in [7, 11) is 3.54. The Morgan fingerprint density at radius 1 is 1.33 bits per heavy atom. The Morgan fingerprint density at radius 2 is 2.14 bits per heavy atom. The summed E-state index contributed by atoms with van der Waals surface area (Å²) in [4.78, 5) is 0. The van der Waals surface area contributed by atoms with E-state index in [0.717, 1.165) is 31.4 Å². The molecule has 1 aliphatic rings. The van der Waals surface area contributed by atoms with Gasteiger partial charge in [0, 0.05) is 23.7 Å². The second-order valence-electron chi connectivity index (χ2n) is 5.42. The Balaban J connectivity index is 2.04. The summed E-state index contributed by atoms with van der Waals surface area (Å²) >= 11 is 12.6. The van der Waals surface area contributed by atoms with E-state index in [1.807, 2.05) is 13.1 Å². The zero-order chi connectivity index (χ0) is 15.2. The van der Waals surface area contributed by atoms with Crippen LogP contribution in [0.2, 0.25) is 10.0 Å². The molecule has 0 saturated carbocycles. The van der Waals surface area contributed by atoms with Crippen molar-refractivity contribution in [1.29, 1.82) is 0 Å². The van der Waals surface area contributed by atoms with Crippen LogP contribution in [-0.2, 0) is 4.74 Å². The lowest BCUT2D eigenvalue weighted by Gasteiger charge is -2.25. The molecule has 2 atom stereocenters. The molecule has 1 fully saturated rings. The third-order valence-electron chi connectivity index (χ3n) is 4.05. The summed E-state index contributed by atoms with van der Waals surface area (Å²) in [5.41, 5.74) is 1.01. The van der Waals surface area contributed by atoms with Crippen molar-refractivity contribution >= 4 is 23.2 Å². The number of hydrogen-bond acceptors (Lipinski definition) is 3. The maximum Gasteiger partial charge on any atom is 0.138 e. The van der Waals surface area contributed by atoms with Gasteiger partial charge in [0.2, 0.25) is 0 Å². The second kappa shape index (κ2) is 8.23. The van der Waals surface area contributed by atoms with Crippen LogP contribution in [0.25, 0.3) is 0 Å². The molecule has 0 aliphatic carbocycles. The third kappa shape index (κ3) is 4.49. The van der Waals surface area contributed by atoms with Crippen molar-refractivity contribution in [1.82, 2.24) is 5.32 Å². The lowest BCUT2D eigenvalue weighted by Crippen LogP contribution is -2.23. The molecule has 1 aromatic carbocycles. The minimum atomic E-state index is 0.173. The van der Waals surface area contributed by atoms with Crippen molar-refractivity contribution in [3.05, 3.63) is 27.7 Å². The van der Waals surface area contributed by atoms with E-state index in [2.05, 4.69) is 5.32 Å². The van der Waals surface area contributed by atoms with E-state index in [0.29, 0.717) is 21.9 Å². The monoisotopic (exact) mass is 331 g/mol. The Labute approximate surface area is 136 Å². The summed E-state index contributed by atoms with van der Waals surface area (Å²) in [5.74, 6) is 0.607. The highest BCUT2D eigenvalue weighted by atomic mass is 35.5. The predicted octanol–water partition coefficient (Wildman–Crippen LogP) is 4.61. The number of hydrogen-bond donors (Lipinski definition) is 1. The SMILES string of the molecule is CNC(CCC1CCCCO1)c1cc(Cl)c(OC)cc1Cl. The molecule has 0 radical (unpaired) electrons. The number of benzene rings is 1. The molecule has 1 N–H and O–H groups in total. The van der Waals surface area contributed by atoms with Crippen LogP contribution in [0.3, 0.4) is 0 Å². The fraction of sp³-hybridized carbons (Fsp3) is 0.625. The van der Waals surface area contributed by atoms with Gasteiger partial charge in [0.15, 0.2) is 0 Å². The highest BCUT2D eigenvalue weighted by molar-refractivity contribution is 6.34. The minimum Gasteiger partial charge on any atom is -0.495 e. The normalized spacial score (nSPS) is 20.3. The van der Waals surface area contributed by atoms with Crippen LogP contribution in [0.4, 0.5) is 0 Å². The van der Waals surface area contributed by atoms with E-state index in [-0.39, 0.29) is 6.04 Å². The van der Waals surface area contributed by atoms with E-state index in [1.54, 1.807) is 13.2 Å². The molecule has 5 heteroatoms. The fourth-order valence-corrected chi connectivity index (χ4v) is 3.35. The number of methoxy groups -OCH3 is 1. The molecule has 0 bridgehead atoms. The molecule has 2 rings (SSSR count). The van der Waals surface area contributed by atoms with Gasteiger partial charge in [-0.3, -0.25) is 0 Å². The first-order chi connectivity index (χ1) is 10.2. The van der Waals surface area contributed by atoms with Crippen molar-refractivity contribution in [2.45, 2.75) is 44.2 Å². The van der Waals surface area contributed by atoms with Crippen molar-refractivity contribution in [3.8, 4) is 5.75 Å². The fourth-order valence-electron chi connectivity index (χ4n) is 2.81. The van der Waals surface area contributed by atoms with Crippen LogP contribution in [0.1, 0.15) is 43.7 Å². The third-order valence-corrected chi connectivity index (χ3v) is 4.67. The van der Waals surface area contributed by atoms with Gasteiger partial charge in [-0.05, 0) is 50.8 Å². The van der Waals surface area contributed by atoms with Crippen LogP contribution in [0.5, 0.6) is 5.75 Å². The summed E-state index contributed by atoms with van der Waals surface area (Å²) in [6.07, 6.45) is 6.00. The zero-order valence-corrected chi connectivity index (χ0v) is 14.1. The number of ether oxygens (including phenoxy) is 2. The number of nitrogens with one attached hydrogen (secondary N) is 1. The molecular weight excluding hydrogens is 309 g/mol. The Bertz CT molecular complexity index is 462. The second-order valence-corrected chi connectivity index (χ2v) is 6.23. The van der Waals surface area contributed by atoms with Gasteiger partial charge < -0.3 is 14.8 Å². The summed E-state index contributed by atoms with van der Waals surface area (Å²) in [6, 6.07) is 3.85. The average Bonchev–Trinajstić information content (AvgIpc) is 2.51. The van der Waals surface area contributed by atoms with E-state index in [4.69, 9.17) is 32.7 Å². The topological polar surface area (TPSA) is 30.5 Å². The van der Waals surface area contributed by atoms with Crippen molar-refractivity contribution in [3.63, 3.8) is 0 Å². The molecule has 0 spiro atoms. The Kier molecular flexibility index (Phi) is 6.62. The first kappa shape index (κ1) is 16.9. The highest BCUT2D eigenvalue weighted by Gasteiger charge is 2.19. The predicted molar refractivity (Wildman–Crippen MR) is 87.6 cm³/mol. The maximum absolute atomic E-state index is 6.37. The van der Waals surface area contributed by atoms with Crippen LogP contribution in [0, 0.1) is 0 Å². The Hall–Kier alpha value is -0.480. The van der Waals surface area contributed by atoms with Gasteiger partial charge in [-0.25, -0.2) is 0 Å². The van der Waals surface area contributed by atoms with Crippen molar-refractivity contribution < 1.29 is 9.47 Å². The quantitative estimate of drug-likeness (QED) is 0.825. The van der Waals surface area contributed by atoms with E-state index in [1.165, 1.54) is 12.8 Å². The largest absolute Gasteiger partial charge is 0.495 e. The molecule has 2 unspecified atom stereocenters. The molecular formula is C16H23Cl2NO2. The lowest BCUT2D eigenvalue weighted by atomic mass is 9.97. The van der Waals surface area contributed by atoms with Crippen LogP contribution >= 0.6 is 23.2 Å². The van der Waals surface area contributed by atoms with Crippen LogP contribution in [0.15, 0.2) is 12.1 Å². The number of rotatable bonds is 6. The van der Waals surface area contributed by atoms with Gasteiger partial charge in [-0.15, -0.1) is 0 Å². The molecule has 21 heavy (non-hydrogen) atoms. The summed E-state index contributed by atoms with van der Waals surface area (Å²) < 4.78 is 11.0. The van der Waals surface area contributed by atoms with E-state index >= 15 is 0 Å². The standard InChI is InChI=1S/C16H23Cl2NO2/c1-19-15(7-6-11-5-3-4-8-21-11)12-9-14(18)16(20-2)10-13(12)17/h9-11,15,19H,3-8H2,1-2H3. The number of halogens is 2. The molecule has 3 nitrogen and oxygen atoms in total. The summed E-state index contributed by atoms with van der Waals surface area (Å²) in [6.45, 7) is 0.893. The van der Waals surface area contributed by atoms with Crippen molar-refractivity contribution in [2.24, 2.45) is 0 Å². The summed E-state index contributed by atoms with van der Waals surface area (Å²) in [5, 5.41) is 4.59. The molecule has 118 valence electrons. The lowest BCUT2D eigenvalue weighted by molar-refractivity contribution is 0.00866. The van der Waals surface area contributed by atoms with Gasteiger partial charge in [0.05, 0.1) is 18.2 Å². The zero-order valence-electron chi connectivity index (χ0n) is 12.6. The maximum atomic E-state index is 6.37. The molecule has 1 heterocycles. The first-order valence-corrected chi connectivity index (χ1v) is 8.23. The van der Waals surface area contributed by atoms with Crippen LogP contribution < -0.4 is 10.1 Å². The first-order valence-electron chi connectivity index (χ1n) is 7.47. The van der Waals surface area contributed by atoms with E-state index < -0.39 is 0 Å². The van der Waals surface area contributed by atoms with Crippen LogP contribution in [-0.4, -0.2) is 26.9 Å². The molecule has 1 aliphatic heterocycles. The van der Waals surface area contributed by atoms with Crippen molar-refractivity contribution in [2.75, 3.05) is 20.8 Å². The molecule has 1 aromatic rings. The van der Waals surface area contributed by atoms with E-state index in [9.17, 15) is 0 Å². The highest BCUT2D eigenvalue weighted by Crippen LogP contribution is 2.35. The van der Waals surface area contributed by atoms with Gasteiger partial charge in [0.25, 0.3) is 0 Å².